The topological polar surface area (TPSA) is 0 Å². The van der Waals surface area contributed by atoms with Crippen LogP contribution in [0, 0.1) is 0 Å². The molecule has 0 heterocycles. The van der Waals surface area contributed by atoms with Crippen LogP contribution in [0.1, 0.15) is 25.7 Å². The van der Waals surface area contributed by atoms with Gasteiger partial charge in [0, 0.05) is 16.8 Å². The second-order valence-corrected chi connectivity index (χ2v) is 8.54. The van der Waals surface area contributed by atoms with Crippen LogP contribution < -0.4 is 0 Å². The number of hydrogen-bond donors (Lipinski definition) is 3. The van der Waals surface area contributed by atoms with Crippen LogP contribution in [0.2, 0.25) is 0 Å². The Morgan fingerprint density at radius 2 is 1.47 bits per heavy atom. The SMILES string of the molecule is SCCCCSCC(CSS)SCCCCS. The molecule has 0 aromatic rings. The first kappa shape index (κ1) is 19.1. The standard InChI is InChI=1S/C11H24S6/c12-5-1-3-7-15-9-11(10-17-14)16-8-4-2-6-13/h11-14H,1-10H2. The van der Waals surface area contributed by atoms with Crippen LogP contribution >= 0.6 is 71.2 Å². The van der Waals surface area contributed by atoms with Gasteiger partial charge in [0.25, 0.3) is 0 Å². The lowest BCUT2D eigenvalue weighted by Crippen LogP contribution is -2.10. The molecule has 0 aliphatic heterocycles. The molecular weight excluding hydrogens is 325 g/mol. The van der Waals surface area contributed by atoms with Crippen LogP contribution in [0.25, 0.3) is 0 Å². The summed E-state index contributed by atoms with van der Waals surface area (Å²) in [6.45, 7) is 0. The molecule has 0 aliphatic carbocycles. The summed E-state index contributed by atoms with van der Waals surface area (Å²) in [6.07, 6.45) is 5.09. The molecule has 0 amide bonds. The van der Waals surface area contributed by atoms with Crippen molar-refractivity contribution in [2.45, 2.75) is 30.9 Å². The Morgan fingerprint density at radius 3 is 2.06 bits per heavy atom. The highest BCUT2D eigenvalue weighted by Gasteiger charge is 2.08. The maximum absolute atomic E-state index is 4.27. The largest absolute Gasteiger partial charge is 0.179 e. The Kier molecular flexibility index (Phi) is 18.2. The van der Waals surface area contributed by atoms with Gasteiger partial charge in [0.2, 0.25) is 0 Å². The van der Waals surface area contributed by atoms with E-state index >= 15 is 0 Å². The van der Waals surface area contributed by atoms with E-state index < -0.39 is 0 Å². The summed E-state index contributed by atoms with van der Waals surface area (Å²) < 4.78 is 0. The molecule has 6 heteroatoms. The molecular formula is C11H24S6. The van der Waals surface area contributed by atoms with Crippen molar-refractivity contribution in [1.29, 1.82) is 0 Å². The van der Waals surface area contributed by atoms with Crippen molar-refractivity contribution in [1.82, 2.24) is 0 Å². The molecule has 17 heavy (non-hydrogen) atoms. The van der Waals surface area contributed by atoms with Crippen molar-refractivity contribution in [3.63, 3.8) is 0 Å². The Labute approximate surface area is 136 Å². The first-order valence-corrected chi connectivity index (χ1v) is 11.5. The fraction of sp³-hybridized carbons (Fsp3) is 1.00. The summed E-state index contributed by atoms with van der Waals surface area (Å²) in [5.74, 6) is 7.03. The lowest BCUT2D eigenvalue weighted by atomic mass is 10.4. The maximum Gasteiger partial charge on any atom is 0.0237 e. The van der Waals surface area contributed by atoms with Gasteiger partial charge in [-0.3, -0.25) is 0 Å². The number of unbranched alkanes of at least 4 members (excludes halogenated alkanes) is 2. The van der Waals surface area contributed by atoms with Crippen molar-refractivity contribution in [3.8, 4) is 0 Å². The molecule has 0 fully saturated rings. The Morgan fingerprint density at radius 1 is 0.824 bits per heavy atom. The van der Waals surface area contributed by atoms with Gasteiger partial charge in [-0.2, -0.15) is 48.8 Å². The van der Waals surface area contributed by atoms with Crippen LogP contribution in [0.3, 0.4) is 0 Å². The van der Waals surface area contributed by atoms with E-state index in [-0.39, 0.29) is 0 Å². The monoisotopic (exact) mass is 348 g/mol. The summed E-state index contributed by atoms with van der Waals surface area (Å²) in [5, 5.41) is 0.762. The molecule has 104 valence electrons. The third-order valence-corrected chi connectivity index (χ3v) is 6.76. The van der Waals surface area contributed by atoms with Crippen LogP contribution in [-0.4, -0.2) is 39.8 Å². The number of hydrogen-bond acceptors (Lipinski definition) is 6. The van der Waals surface area contributed by atoms with E-state index in [9.17, 15) is 0 Å². The lowest BCUT2D eigenvalue weighted by molar-refractivity contribution is 0.904. The molecule has 0 aliphatic rings. The predicted octanol–water partition coefficient (Wildman–Crippen LogP) is 4.82. The van der Waals surface area contributed by atoms with Gasteiger partial charge in [-0.1, -0.05) is 10.8 Å². The highest BCUT2D eigenvalue weighted by atomic mass is 33.1. The molecule has 0 aromatic carbocycles. The molecule has 1 atom stereocenters. The average molecular weight is 349 g/mol. The average Bonchev–Trinajstić information content (AvgIpc) is 2.34. The van der Waals surface area contributed by atoms with Gasteiger partial charge in [-0.15, -0.1) is 11.7 Å². The molecule has 0 rings (SSSR count). The zero-order valence-electron chi connectivity index (χ0n) is 10.2. The summed E-state index contributed by atoms with van der Waals surface area (Å²) >= 11 is 16.9. The number of thiol groups is 3. The quantitative estimate of drug-likeness (QED) is 0.248. The van der Waals surface area contributed by atoms with Crippen molar-refractivity contribution in [2.75, 3.05) is 34.5 Å². The smallest absolute Gasteiger partial charge is 0.0237 e. The highest BCUT2D eigenvalue weighted by molar-refractivity contribution is 8.68. The van der Waals surface area contributed by atoms with Crippen molar-refractivity contribution < 1.29 is 0 Å². The van der Waals surface area contributed by atoms with E-state index in [1.807, 2.05) is 0 Å². The minimum absolute atomic E-state index is 0.762. The molecule has 0 spiro atoms. The van der Waals surface area contributed by atoms with E-state index in [4.69, 9.17) is 0 Å². The van der Waals surface area contributed by atoms with Gasteiger partial charge in [0.05, 0.1) is 0 Å². The third kappa shape index (κ3) is 14.3. The molecule has 0 aromatic heterocycles. The first-order valence-electron chi connectivity index (χ1n) is 6.02. The van der Waals surface area contributed by atoms with Crippen molar-refractivity contribution in [2.24, 2.45) is 0 Å². The second kappa shape index (κ2) is 16.2. The highest BCUT2D eigenvalue weighted by Crippen LogP contribution is 2.23. The summed E-state index contributed by atoms with van der Waals surface area (Å²) in [4.78, 5) is 0. The second-order valence-electron chi connectivity index (χ2n) is 3.72. The van der Waals surface area contributed by atoms with Gasteiger partial charge < -0.3 is 0 Å². The van der Waals surface area contributed by atoms with Gasteiger partial charge in [-0.05, 0) is 48.7 Å². The molecule has 0 radical (unpaired) electrons. The molecule has 0 N–H and O–H groups in total. The zero-order valence-corrected chi connectivity index (χ0v) is 15.3. The third-order valence-electron chi connectivity index (χ3n) is 2.17. The summed E-state index contributed by atoms with van der Waals surface area (Å²) in [5.41, 5.74) is 0. The lowest BCUT2D eigenvalue weighted by Gasteiger charge is -2.14. The zero-order chi connectivity index (χ0) is 12.8. The van der Waals surface area contributed by atoms with Gasteiger partial charge >= 0.3 is 0 Å². The normalized spacial score (nSPS) is 12.9. The van der Waals surface area contributed by atoms with Crippen molar-refractivity contribution in [3.05, 3.63) is 0 Å². The van der Waals surface area contributed by atoms with Crippen LogP contribution in [0.15, 0.2) is 0 Å². The molecule has 0 bridgehead atoms. The van der Waals surface area contributed by atoms with E-state index in [0.717, 1.165) is 22.5 Å². The Balaban J connectivity index is 3.45. The molecule has 0 saturated heterocycles. The van der Waals surface area contributed by atoms with Gasteiger partial charge in [0.15, 0.2) is 0 Å². The summed E-state index contributed by atoms with van der Waals surface area (Å²) in [6, 6.07) is 0. The first-order chi connectivity index (χ1) is 8.35. The molecule has 1 unspecified atom stereocenters. The fourth-order valence-electron chi connectivity index (χ4n) is 1.22. The molecule has 0 nitrogen and oxygen atoms in total. The molecule has 0 saturated carbocycles. The fourth-order valence-corrected chi connectivity index (χ4v) is 5.87. The van der Waals surface area contributed by atoms with Gasteiger partial charge in [0.1, 0.15) is 0 Å². The Bertz CT molecular complexity index is 144. The van der Waals surface area contributed by atoms with Crippen LogP contribution in [-0.2, 0) is 0 Å². The Hall–Kier alpha value is 2.10. The van der Waals surface area contributed by atoms with Gasteiger partial charge in [-0.25, -0.2) is 0 Å². The maximum atomic E-state index is 4.27. The van der Waals surface area contributed by atoms with Crippen LogP contribution in [0.5, 0.6) is 0 Å². The van der Waals surface area contributed by atoms with E-state index in [1.54, 1.807) is 10.8 Å². The minimum atomic E-state index is 0.762. The van der Waals surface area contributed by atoms with E-state index in [0.29, 0.717) is 0 Å². The predicted molar refractivity (Wildman–Crippen MR) is 101 cm³/mol. The minimum Gasteiger partial charge on any atom is -0.179 e. The van der Waals surface area contributed by atoms with E-state index in [1.165, 1.54) is 42.9 Å². The van der Waals surface area contributed by atoms with Crippen LogP contribution in [0.4, 0.5) is 0 Å². The number of rotatable bonds is 13. The van der Waals surface area contributed by atoms with E-state index in [2.05, 4.69) is 60.4 Å². The van der Waals surface area contributed by atoms with Crippen molar-refractivity contribution >= 4 is 71.2 Å². The number of thioether (sulfide) groups is 2. The summed E-state index contributed by atoms with van der Waals surface area (Å²) in [7, 11) is 1.67.